The maximum absolute atomic E-state index is 3.66. The Morgan fingerprint density at radius 1 is 0.294 bits per heavy atom. The third-order valence-electron chi connectivity index (χ3n) is 4.81. The van der Waals surface area contributed by atoms with Crippen LogP contribution in [0, 0.1) is 0 Å². The van der Waals surface area contributed by atoms with E-state index in [-0.39, 0.29) is 0 Å². The number of rotatable bonds is 19. The van der Waals surface area contributed by atoms with Crippen molar-refractivity contribution in [2.45, 2.75) is 157 Å². The molecule has 0 fully saturated rings. The Hall–Kier alpha value is -1.30. The molecule has 0 rings (SSSR count). The molecule has 0 atom stereocenters. The average Bonchev–Trinajstić information content (AvgIpc) is 2.87. The van der Waals surface area contributed by atoms with E-state index in [2.05, 4.69) is 67.5 Å². The van der Waals surface area contributed by atoms with Crippen molar-refractivity contribution < 1.29 is 0 Å². The second-order valence-electron chi connectivity index (χ2n) is 8.57. The summed E-state index contributed by atoms with van der Waals surface area (Å²) >= 11 is 0. The number of hydrogen-bond donors (Lipinski definition) is 0. The molecule has 0 aliphatic heterocycles. The maximum atomic E-state index is 3.66. The molecular formula is C34H68. The molecule has 0 saturated carbocycles. The highest BCUT2D eigenvalue weighted by atomic mass is 13.9. The van der Waals surface area contributed by atoms with Crippen LogP contribution in [-0.2, 0) is 0 Å². The van der Waals surface area contributed by atoms with Crippen molar-refractivity contribution >= 4 is 0 Å². The molecule has 34 heavy (non-hydrogen) atoms. The predicted octanol–water partition coefficient (Wildman–Crippen LogP) is 13.4. The van der Waals surface area contributed by atoms with Gasteiger partial charge in [-0.15, -0.1) is 32.9 Å². The van der Waals surface area contributed by atoms with Crippen LogP contribution in [0.4, 0.5) is 0 Å². The largest absolute Gasteiger partial charge is 0.103 e. The van der Waals surface area contributed by atoms with Gasteiger partial charge in [-0.25, -0.2) is 0 Å². The van der Waals surface area contributed by atoms with E-state index in [0.717, 1.165) is 0 Å². The zero-order valence-corrected chi connectivity index (χ0v) is 24.9. The van der Waals surface area contributed by atoms with Gasteiger partial charge in [0.2, 0.25) is 0 Å². The van der Waals surface area contributed by atoms with Crippen molar-refractivity contribution in [3.63, 3.8) is 0 Å². The van der Waals surface area contributed by atoms with Crippen molar-refractivity contribution in [2.24, 2.45) is 0 Å². The lowest BCUT2D eigenvalue weighted by Gasteiger charge is -1.91. The zero-order valence-electron chi connectivity index (χ0n) is 24.9. The smallest absolute Gasteiger partial charge is 0.0353 e. The molecule has 0 N–H and O–H groups in total. The highest BCUT2D eigenvalue weighted by Gasteiger charge is 1.82. The van der Waals surface area contributed by atoms with E-state index in [1.807, 2.05) is 30.4 Å². The minimum absolute atomic E-state index is 1.18. The molecular weight excluding hydrogens is 408 g/mol. The van der Waals surface area contributed by atoms with E-state index in [9.17, 15) is 0 Å². The van der Waals surface area contributed by atoms with Crippen molar-refractivity contribution in [3.8, 4) is 0 Å². The normalized spacial score (nSPS) is 8.62. The predicted molar refractivity (Wildman–Crippen MR) is 167 cm³/mol. The Morgan fingerprint density at radius 3 is 0.647 bits per heavy atom. The molecule has 0 unspecified atom stereocenters. The summed E-state index contributed by atoms with van der Waals surface area (Å²) < 4.78 is 0. The summed E-state index contributed by atoms with van der Waals surface area (Å²) in [5, 5.41) is 0. The summed E-state index contributed by atoms with van der Waals surface area (Å²) in [6, 6.07) is 0. The Morgan fingerprint density at radius 2 is 0.500 bits per heavy atom. The average molecular weight is 477 g/mol. The third-order valence-corrected chi connectivity index (χ3v) is 4.81. The molecule has 0 nitrogen and oxygen atoms in total. The van der Waals surface area contributed by atoms with Gasteiger partial charge in [-0.3, -0.25) is 0 Å². The van der Waals surface area contributed by atoms with E-state index >= 15 is 0 Å². The van der Waals surface area contributed by atoms with Crippen LogP contribution in [0.15, 0.2) is 63.3 Å². The Balaban J connectivity index is -0.000000104. The molecule has 0 spiro atoms. The monoisotopic (exact) mass is 477 g/mol. The van der Waals surface area contributed by atoms with Gasteiger partial charge < -0.3 is 0 Å². The van der Waals surface area contributed by atoms with Crippen LogP contribution in [0.2, 0.25) is 0 Å². The Kier molecular flexibility index (Phi) is 73.0. The van der Waals surface area contributed by atoms with Crippen molar-refractivity contribution in [2.75, 3.05) is 0 Å². The standard InChI is InChI=1S/2C8H16.3C6H12/c2*1-3-5-7-8-6-4-2;3*1-3-5-6-4-2/h2*3H,1,4-8H2,2H3;3*3H,1,4-6H2,2H3. The molecule has 0 aliphatic rings. The SMILES string of the molecule is C=CCCCC.C=CCCCC.C=CCCCC.C=CCCCCCC.C=CCCCCCC. The molecule has 0 aromatic carbocycles. The van der Waals surface area contributed by atoms with Crippen LogP contribution < -0.4 is 0 Å². The molecule has 0 heterocycles. The van der Waals surface area contributed by atoms with Gasteiger partial charge in [-0.05, 0) is 44.9 Å². The van der Waals surface area contributed by atoms with E-state index in [0.29, 0.717) is 0 Å². The van der Waals surface area contributed by atoms with Gasteiger partial charge >= 0.3 is 0 Å². The van der Waals surface area contributed by atoms with E-state index in [1.165, 1.54) is 122 Å². The molecule has 204 valence electrons. The molecule has 0 saturated heterocycles. The van der Waals surface area contributed by atoms with Gasteiger partial charge in [0.1, 0.15) is 0 Å². The summed E-state index contributed by atoms with van der Waals surface area (Å²) in [6.45, 7) is 29.1. The van der Waals surface area contributed by atoms with Crippen LogP contribution in [0.25, 0.3) is 0 Å². The summed E-state index contributed by atoms with van der Waals surface area (Å²) in [4.78, 5) is 0. The lowest BCUT2D eigenvalue weighted by atomic mass is 10.2. The Labute approximate surface area is 219 Å². The highest BCUT2D eigenvalue weighted by Crippen LogP contribution is 2.02. The first-order valence-electron chi connectivity index (χ1n) is 14.6. The lowest BCUT2D eigenvalue weighted by Crippen LogP contribution is -1.71. The van der Waals surface area contributed by atoms with Crippen LogP contribution in [0.5, 0.6) is 0 Å². The zero-order chi connectivity index (χ0) is 27.0. The van der Waals surface area contributed by atoms with Gasteiger partial charge in [0, 0.05) is 0 Å². The third kappa shape index (κ3) is 86.4. The second kappa shape index (κ2) is 58.0. The number of allylic oxidation sites excluding steroid dienone is 5. The first kappa shape index (κ1) is 42.8. The first-order chi connectivity index (χ1) is 16.6. The van der Waals surface area contributed by atoms with Crippen molar-refractivity contribution in [1.29, 1.82) is 0 Å². The molecule has 0 heteroatoms. The number of unbranched alkanes of at least 4 members (excludes halogenated alkanes) is 14. The van der Waals surface area contributed by atoms with Crippen LogP contribution in [0.1, 0.15) is 157 Å². The molecule has 0 aromatic heterocycles. The summed E-state index contributed by atoms with van der Waals surface area (Å²) in [7, 11) is 0. The second-order valence-corrected chi connectivity index (χ2v) is 8.57. The molecule has 0 radical (unpaired) electrons. The first-order valence-corrected chi connectivity index (χ1v) is 14.6. The van der Waals surface area contributed by atoms with Crippen molar-refractivity contribution in [3.05, 3.63) is 63.3 Å². The van der Waals surface area contributed by atoms with Crippen molar-refractivity contribution in [1.82, 2.24) is 0 Å². The summed E-state index contributed by atoms with van der Waals surface area (Å²) in [5.41, 5.74) is 0. The van der Waals surface area contributed by atoms with Gasteiger partial charge in [0.15, 0.2) is 0 Å². The minimum Gasteiger partial charge on any atom is -0.103 e. The number of hydrogen-bond acceptors (Lipinski definition) is 0. The quantitative estimate of drug-likeness (QED) is 0.128. The fourth-order valence-corrected chi connectivity index (χ4v) is 2.48. The molecule has 0 bridgehead atoms. The van der Waals surface area contributed by atoms with Gasteiger partial charge in [0.25, 0.3) is 0 Å². The van der Waals surface area contributed by atoms with Crippen LogP contribution in [0.3, 0.4) is 0 Å². The topological polar surface area (TPSA) is 0 Å². The maximum Gasteiger partial charge on any atom is -0.0353 e. The Bertz CT molecular complexity index is 291. The van der Waals surface area contributed by atoms with Gasteiger partial charge in [0.05, 0.1) is 0 Å². The minimum atomic E-state index is 1.18. The summed E-state index contributed by atoms with van der Waals surface area (Å²) in [6.07, 6.45) is 34.4. The van der Waals surface area contributed by atoms with Gasteiger partial charge in [-0.2, -0.15) is 0 Å². The van der Waals surface area contributed by atoms with Crippen LogP contribution in [-0.4, -0.2) is 0 Å². The fourth-order valence-electron chi connectivity index (χ4n) is 2.48. The van der Waals surface area contributed by atoms with Gasteiger partial charge in [-0.1, -0.05) is 142 Å². The van der Waals surface area contributed by atoms with E-state index < -0.39 is 0 Å². The molecule has 0 amide bonds. The van der Waals surface area contributed by atoms with E-state index in [1.54, 1.807) is 0 Å². The fraction of sp³-hybridized carbons (Fsp3) is 0.706. The molecule has 0 aromatic rings. The molecule has 0 aliphatic carbocycles. The van der Waals surface area contributed by atoms with E-state index in [4.69, 9.17) is 0 Å². The lowest BCUT2D eigenvalue weighted by molar-refractivity contribution is 0.675. The summed E-state index contributed by atoms with van der Waals surface area (Å²) in [5.74, 6) is 0. The van der Waals surface area contributed by atoms with Crippen LogP contribution >= 0.6 is 0 Å². The highest BCUT2D eigenvalue weighted by molar-refractivity contribution is 4.66.